The van der Waals surface area contributed by atoms with Crippen molar-refractivity contribution in [2.75, 3.05) is 39.9 Å². The fourth-order valence-corrected chi connectivity index (χ4v) is 6.23. The Labute approximate surface area is 221 Å². The summed E-state index contributed by atoms with van der Waals surface area (Å²) in [6, 6.07) is 13.5. The SMILES string of the molecule is CN(Cc1ccc(C2=NCCN2C(=O)O)cc1)C(=O)COCCN(C1CC1)S(=O)(=O)c1ccccc1Cl. The first kappa shape index (κ1) is 27.1. The lowest BCUT2D eigenvalue weighted by Crippen LogP contribution is -2.37. The van der Waals surface area contributed by atoms with Crippen molar-refractivity contribution in [1.29, 1.82) is 0 Å². The zero-order valence-corrected chi connectivity index (χ0v) is 22.0. The zero-order chi connectivity index (χ0) is 26.6. The van der Waals surface area contributed by atoms with Crippen molar-refractivity contribution in [3.8, 4) is 0 Å². The smallest absolute Gasteiger partial charge is 0.413 e. The normalized spacial score (nSPS) is 15.6. The minimum Gasteiger partial charge on any atom is -0.465 e. The van der Waals surface area contributed by atoms with Crippen LogP contribution in [-0.4, -0.2) is 91.4 Å². The molecule has 1 aliphatic heterocycles. The number of carbonyl (C=O) groups excluding carboxylic acids is 1. The Hall–Kier alpha value is -2.99. The number of carbonyl (C=O) groups is 2. The van der Waals surface area contributed by atoms with Crippen molar-refractivity contribution in [1.82, 2.24) is 14.1 Å². The maximum atomic E-state index is 13.1. The van der Waals surface area contributed by atoms with Crippen molar-refractivity contribution in [2.45, 2.75) is 30.3 Å². The van der Waals surface area contributed by atoms with E-state index in [9.17, 15) is 23.1 Å². The number of aliphatic imine (C=N–C) groups is 1. The quantitative estimate of drug-likeness (QED) is 0.431. The van der Waals surface area contributed by atoms with Gasteiger partial charge in [0.1, 0.15) is 17.3 Å². The van der Waals surface area contributed by atoms with Gasteiger partial charge >= 0.3 is 6.09 Å². The molecule has 1 saturated carbocycles. The first-order valence-electron chi connectivity index (χ1n) is 11.9. The van der Waals surface area contributed by atoms with Crippen LogP contribution in [0.2, 0.25) is 5.02 Å². The molecule has 0 aromatic heterocycles. The van der Waals surface area contributed by atoms with Gasteiger partial charge in [-0.05, 0) is 30.5 Å². The van der Waals surface area contributed by atoms with Crippen LogP contribution < -0.4 is 0 Å². The van der Waals surface area contributed by atoms with Gasteiger partial charge in [0.2, 0.25) is 15.9 Å². The highest BCUT2D eigenvalue weighted by atomic mass is 35.5. The summed E-state index contributed by atoms with van der Waals surface area (Å²) < 4.78 is 33.2. The predicted molar refractivity (Wildman–Crippen MR) is 138 cm³/mol. The molecule has 10 nitrogen and oxygen atoms in total. The molecule has 0 spiro atoms. The lowest BCUT2D eigenvalue weighted by atomic mass is 10.1. The second-order valence-corrected chi connectivity index (χ2v) is 11.2. The number of sulfonamides is 1. The number of nitrogens with zero attached hydrogens (tertiary/aromatic N) is 4. The van der Waals surface area contributed by atoms with Gasteiger partial charge in [0.05, 0.1) is 24.7 Å². The van der Waals surface area contributed by atoms with E-state index in [1.807, 2.05) is 12.1 Å². The van der Waals surface area contributed by atoms with E-state index in [1.54, 1.807) is 37.4 Å². The highest BCUT2D eigenvalue weighted by molar-refractivity contribution is 7.89. The molecule has 1 aliphatic carbocycles. The van der Waals surface area contributed by atoms with E-state index < -0.39 is 16.1 Å². The van der Waals surface area contributed by atoms with Gasteiger partial charge < -0.3 is 14.7 Å². The first-order chi connectivity index (χ1) is 17.7. The number of hydrogen-bond acceptors (Lipinski definition) is 6. The summed E-state index contributed by atoms with van der Waals surface area (Å²) in [7, 11) is -2.10. The predicted octanol–water partition coefficient (Wildman–Crippen LogP) is 2.91. The van der Waals surface area contributed by atoms with Crippen LogP contribution in [0.15, 0.2) is 58.4 Å². The monoisotopic (exact) mass is 548 g/mol. The topological polar surface area (TPSA) is 120 Å². The molecule has 1 fully saturated rings. The van der Waals surface area contributed by atoms with Gasteiger partial charge in [-0.1, -0.05) is 48.0 Å². The maximum absolute atomic E-state index is 13.1. The molecule has 0 bridgehead atoms. The van der Waals surface area contributed by atoms with Gasteiger partial charge in [0, 0.05) is 31.7 Å². The van der Waals surface area contributed by atoms with Crippen LogP contribution in [-0.2, 0) is 26.1 Å². The van der Waals surface area contributed by atoms with E-state index in [1.165, 1.54) is 20.2 Å². The van der Waals surface area contributed by atoms with Crippen LogP contribution in [0.25, 0.3) is 0 Å². The summed E-state index contributed by atoms with van der Waals surface area (Å²) >= 11 is 6.12. The second-order valence-electron chi connectivity index (χ2n) is 8.92. The molecule has 37 heavy (non-hydrogen) atoms. The average molecular weight is 549 g/mol. The van der Waals surface area contributed by atoms with E-state index in [0.717, 1.165) is 18.4 Å². The van der Waals surface area contributed by atoms with Gasteiger partial charge in [-0.2, -0.15) is 4.31 Å². The van der Waals surface area contributed by atoms with E-state index in [0.29, 0.717) is 31.0 Å². The maximum Gasteiger partial charge on any atom is 0.413 e. The number of benzene rings is 2. The summed E-state index contributed by atoms with van der Waals surface area (Å²) in [6.45, 7) is 1.15. The number of amides is 2. The van der Waals surface area contributed by atoms with Crippen molar-refractivity contribution >= 4 is 39.5 Å². The van der Waals surface area contributed by atoms with Gasteiger partial charge in [-0.15, -0.1) is 0 Å². The highest BCUT2D eigenvalue weighted by Crippen LogP contribution is 2.33. The van der Waals surface area contributed by atoms with E-state index in [4.69, 9.17) is 16.3 Å². The standard InChI is InChI=1S/C25H29ClN4O6S/c1-28(16-18-6-8-19(9-7-18)24-27-12-13-29(24)25(32)33)23(31)17-36-15-14-30(20-10-11-20)37(34,35)22-5-3-2-4-21(22)26/h2-9,20H,10-17H2,1H3,(H,32,33). The average Bonchev–Trinajstić information content (AvgIpc) is 3.57. The largest absolute Gasteiger partial charge is 0.465 e. The highest BCUT2D eigenvalue weighted by Gasteiger charge is 2.38. The van der Waals surface area contributed by atoms with Gasteiger partial charge in [-0.3, -0.25) is 14.7 Å². The van der Waals surface area contributed by atoms with Gasteiger partial charge in [0.25, 0.3) is 0 Å². The Morgan fingerprint density at radius 3 is 2.51 bits per heavy atom. The van der Waals surface area contributed by atoms with Crippen LogP contribution in [0.1, 0.15) is 24.0 Å². The van der Waals surface area contributed by atoms with Crippen LogP contribution >= 0.6 is 11.6 Å². The minimum absolute atomic E-state index is 0.0704. The Morgan fingerprint density at radius 2 is 1.86 bits per heavy atom. The van der Waals surface area contributed by atoms with E-state index in [-0.39, 0.29) is 41.6 Å². The molecule has 198 valence electrons. The Bertz CT molecular complexity index is 1280. The number of ether oxygens (including phenoxy) is 1. The first-order valence-corrected chi connectivity index (χ1v) is 13.7. The van der Waals surface area contributed by atoms with Gasteiger partial charge in [-0.25, -0.2) is 13.2 Å². The van der Waals surface area contributed by atoms with Crippen molar-refractivity contribution < 1.29 is 27.9 Å². The Balaban J connectivity index is 1.26. The van der Waals surface area contributed by atoms with Gasteiger partial charge in [0.15, 0.2) is 0 Å². The number of likely N-dealkylation sites (N-methyl/N-ethyl adjacent to an activating group) is 1. The molecule has 0 saturated heterocycles. The minimum atomic E-state index is -3.76. The second kappa shape index (κ2) is 11.6. The molecule has 2 aromatic rings. The molecule has 2 aliphatic rings. The molecule has 1 heterocycles. The third-order valence-electron chi connectivity index (χ3n) is 6.19. The van der Waals surface area contributed by atoms with Crippen molar-refractivity contribution in [3.05, 3.63) is 64.7 Å². The third-order valence-corrected chi connectivity index (χ3v) is 8.64. The number of carboxylic acid groups (broad SMARTS) is 1. The van der Waals surface area contributed by atoms with Crippen LogP contribution in [0.5, 0.6) is 0 Å². The Morgan fingerprint density at radius 1 is 1.16 bits per heavy atom. The summed E-state index contributed by atoms with van der Waals surface area (Å²) in [5.41, 5.74) is 1.57. The molecule has 0 unspecified atom stereocenters. The van der Waals surface area contributed by atoms with Crippen molar-refractivity contribution in [2.24, 2.45) is 4.99 Å². The van der Waals surface area contributed by atoms with Crippen molar-refractivity contribution in [3.63, 3.8) is 0 Å². The fourth-order valence-electron chi connectivity index (χ4n) is 4.07. The fraction of sp³-hybridized carbons (Fsp3) is 0.400. The lowest BCUT2D eigenvalue weighted by Gasteiger charge is -2.23. The van der Waals surface area contributed by atoms with Crippen LogP contribution in [0, 0.1) is 0 Å². The molecule has 2 aromatic carbocycles. The molecular weight excluding hydrogens is 520 g/mol. The molecular formula is C25H29ClN4O6S. The summed E-state index contributed by atoms with van der Waals surface area (Å²) in [6.07, 6.45) is 0.532. The van der Waals surface area contributed by atoms with Crippen LogP contribution in [0.4, 0.5) is 4.79 Å². The Kier molecular flexibility index (Phi) is 8.48. The molecule has 0 radical (unpaired) electrons. The molecule has 4 rings (SSSR count). The zero-order valence-electron chi connectivity index (χ0n) is 20.4. The third kappa shape index (κ3) is 6.48. The van der Waals surface area contributed by atoms with Crippen LogP contribution in [0.3, 0.4) is 0 Å². The van der Waals surface area contributed by atoms with E-state index in [2.05, 4.69) is 4.99 Å². The number of amidine groups is 1. The summed E-state index contributed by atoms with van der Waals surface area (Å²) in [5, 5.41) is 9.46. The molecule has 12 heteroatoms. The van der Waals surface area contributed by atoms with E-state index >= 15 is 0 Å². The molecule has 0 atom stereocenters. The number of rotatable bonds is 11. The molecule has 1 N–H and O–H groups in total. The summed E-state index contributed by atoms with van der Waals surface area (Å²) in [4.78, 5) is 31.0. The lowest BCUT2D eigenvalue weighted by molar-refractivity contribution is -0.135. The summed E-state index contributed by atoms with van der Waals surface area (Å²) in [5.74, 6) is 0.182. The number of halogens is 1. The molecule has 2 amide bonds. The number of hydrogen-bond donors (Lipinski definition) is 1.